The van der Waals surface area contributed by atoms with Gasteiger partial charge in [0.15, 0.2) is 0 Å². The van der Waals surface area contributed by atoms with Crippen molar-refractivity contribution in [2.75, 3.05) is 0 Å². The Bertz CT molecular complexity index is 526. The molecule has 0 bridgehead atoms. The third-order valence-corrected chi connectivity index (χ3v) is 3.24. The van der Waals surface area contributed by atoms with Gasteiger partial charge in [0.1, 0.15) is 5.69 Å². The Hall–Kier alpha value is -1.95. The van der Waals surface area contributed by atoms with E-state index in [9.17, 15) is 9.59 Å². The number of aromatic carboxylic acids is 1. The smallest absolute Gasteiger partial charge is 0.337 e. The lowest BCUT2D eigenvalue weighted by molar-refractivity contribution is -0.00523. The predicted octanol–water partition coefficient (Wildman–Crippen LogP) is 1.47. The quantitative estimate of drug-likeness (QED) is 0.851. The highest BCUT2D eigenvalue weighted by atomic mass is 16.5. The van der Waals surface area contributed by atoms with Crippen molar-refractivity contribution in [1.29, 1.82) is 0 Å². The molecule has 2 rings (SSSR count). The molecule has 1 saturated carbocycles. The molecule has 1 aromatic heterocycles. The number of carboxylic acids is 1. The summed E-state index contributed by atoms with van der Waals surface area (Å²) in [5.41, 5.74) is -0.0556. The molecule has 108 valence electrons. The Morgan fingerprint density at radius 2 is 2.20 bits per heavy atom. The lowest BCUT2D eigenvalue weighted by Gasteiger charge is -2.16. The second-order valence-electron chi connectivity index (χ2n) is 5.45. The normalized spacial score (nSPS) is 24.5. The monoisotopic (exact) mass is 278 g/mol. The van der Waals surface area contributed by atoms with E-state index in [1.165, 1.54) is 18.3 Å². The van der Waals surface area contributed by atoms with Crippen LogP contribution in [0.15, 0.2) is 18.3 Å². The fourth-order valence-corrected chi connectivity index (χ4v) is 2.11. The van der Waals surface area contributed by atoms with Crippen LogP contribution in [-0.2, 0) is 4.74 Å². The molecule has 1 fully saturated rings. The summed E-state index contributed by atoms with van der Waals surface area (Å²) in [4.78, 5) is 26.5. The van der Waals surface area contributed by atoms with Crippen molar-refractivity contribution < 1.29 is 19.4 Å². The third kappa shape index (κ3) is 3.14. The largest absolute Gasteiger partial charge is 0.478 e. The van der Waals surface area contributed by atoms with Gasteiger partial charge in [0, 0.05) is 12.6 Å². The number of aromatic nitrogens is 1. The van der Waals surface area contributed by atoms with Crippen LogP contribution in [0.2, 0.25) is 0 Å². The molecule has 6 nitrogen and oxygen atoms in total. The van der Waals surface area contributed by atoms with E-state index in [0.717, 1.165) is 6.42 Å². The van der Waals surface area contributed by atoms with Gasteiger partial charge in [-0.1, -0.05) is 0 Å². The van der Waals surface area contributed by atoms with E-state index in [1.807, 2.05) is 20.8 Å². The minimum Gasteiger partial charge on any atom is -0.478 e. The van der Waals surface area contributed by atoms with Crippen LogP contribution in [0.25, 0.3) is 0 Å². The van der Waals surface area contributed by atoms with Gasteiger partial charge in [0.05, 0.1) is 23.3 Å². The van der Waals surface area contributed by atoms with Crippen molar-refractivity contribution in [3.8, 4) is 0 Å². The number of nitrogens with zero attached hydrogens (tertiary/aromatic N) is 1. The predicted molar refractivity (Wildman–Crippen MR) is 71.7 cm³/mol. The minimum absolute atomic E-state index is 0.0293. The van der Waals surface area contributed by atoms with Crippen LogP contribution < -0.4 is 5.32 Å². The van der Waals surface area contributed by atoms with Crippen LogP contribution in [0.1, 0.15) is 48.0 Å². The molecule has 0 spiro atoms. The second kappa shape index (κ2) is 5.20. The molecule has 1 aliphatic carbocycles. The van der Waals surface area contributed by atoms with Gasteiger partial charge >= 0.3 is 5.97 Å². The van der Waals surface area contributed by atoms with Gasteiger partial charge < -0.3 is 15.2 Å². The van der Waals surface area contributed by atoms with Crippen molar-refractivity contribution in [2.24, 2.45) is 0 Å². The van der Waals surface area contributed by atoms with Crippen LogP contribution in [0.4, 0.5) is 0 Å². The Kier molecular flexibility index (Phi) is 3.76. The van der Waals surface area contributed by atoms with Crippen molar-refractivity contribution >= 4 is 11.9 Å². The molecule has 0 aromatic carbocycles. The summed E-state index contributed by atoms with van der Waals surface area (Å²) < 4.78 is 5.74. The Labute approximate surface area is 117 Å². The molecule has 2 N–H and O–H groups in total. The molecule has 0 saturated heterocycles. The first kappa shape index (κ1) is 14.5. The zero-order valence-corrected chi connectivity index (χ0v) is 11.7. The van der Waals surface area contributed by atoms with Crippen LogP contribution in [0.3, 0.4) is 0 Å². The van der Waals surface area contributed by atoms with E-state index < -0.39 is 5.97 Å². The molecule has 1 heterocycles. The van der Waals surface area contributed by atoms with Crippen LogP contribution in [0, 0.1) is 0 Å². The number of pyridine rings is 1. The van der Waals surface area contributed by atoms with E-state index in [4.69, 9.17) is 9.84 Å². The molecule has 0 radical (unpaired) electrons. The van der Waals surface area contributed by atoms with Gasteiger partial charge in [-0.25, -0.2) is 4.79 Å². The summed E-state index contributed by atoms with van der Waals surface area (Å²) in [6.07, 6.45) is 2.05. The van der Waals surface area contributed by atoms with Gasteiger partial charge in [-0.05, 0) is 32.9 Å². The van der Waals surface area contributed by atoms with Crippen LogP contribution in [-0.4, -0.2) is 39.7 Å². The SMILES string of the molecule is CC(C)O[C@@]1(C)C[C@H]1NC(=O)c1ccc(C(=O)O)cn1. The molecule has 20 heavy (non-hydrogen) atoms. The summed E-state index contributed by atoms with van der Waals surface area (Å²) in [7, 11) is 0. The van der Waals surface area contributed by atoms with Gasteiger partial charge in [-0.2, -0.15) is 0 Å². The number of carbonyl (C=O) groups excluding carboxylic acids is 1. The summed E-state index contributed by atoms with van der Waals surface area (Å²) in [5.74, 6) is -1.38. The Morgan fingerprint density at radius 1 is 1.50 bits per heavy atom. The highest BCUT2D eigenvalue weighted by molar-refractivity contribution is 5.94. The molecule has 1 amide bonds. The number of ether oxygens (including phenoxy) is 1. The molecule has 1 aromatic rings. The minimum atomic E-state index is -1.07. The average Bonchev–Trinajstić information content (AvgIpc) is 2.97. The van der Waals surface area contributed by atoms with Gasteiger partial charge in [-0.15, -0.1) is 0 Å². The summed E-state index contributed by atoms with van der Waals surface area (Å²) in [6.45, 7) is 5.86. The van der Waals surface area contributed by atoms with E-state index in [2.05, 4.69) is 10.3 Å². The fraction of sp³-hybridized carbons (Fsp3) is 0.500. The number of hydrogen-bond donors (Lipinski definition) is 2. The van der Waals surface area contributed by atoms with E-state index in [-0.39, 0.29) is 34.9 Å². The lowest BCUT2D eigenvalue weighted by Crippen LogP contribution is -2.33. The first-order valence-electron chi connectivity index (χ1n) is 6.50. The number of carbonyl (C=O) groups is 2. The van der Waals surface area contributed by atoms with Crippen LogP contribution in [0.5, 0.6) is 0 Å². The maximum atomic E-state index is 12.0. The Morgan fingerprint density at radius 3 is 2.70 bits per heavy atom. The topological polar surface area (TPSA) is 88.5 Å². The van der Waals surface area contributed by atoms with Crippen LogP contribution >= 0.6 is 0 Å². The van der Waals surface area contributed by atoms with E-state index in [0.29, 0.717) is 0 Å². The van der Waals surface area contributed by atoms with Gasteiger partial charge in [-0.3, -0.25) is 9.78 Å². The molecular weight excluding hydrogens is 260 g/mol. The molecule has 0 aliphatic heterocycles. The summed E-state index contributed by atoms with van der Waals surface area (Å²) in [6, 6.07) is 2.74. The number of amides is 1. The number of nitrogens with one attached hydrogen (secondary N) is 1. The maximum Gasteiger partial charge on any atom is 0.337 e. The highest BCUT2D eigenvalue weighted by Gasteiger charge is 2.53. The summed E-state index contributed by atoms with van der Waals surface area (Å²) in [5, 5.41) is 11.6. The number of rotatable bonds is 5. The van der Waals surface area contributed by atoms with Crippen molar-refractivity contribution in [2.45, 2.75) is 44.9 Å². The number of hydrogen-bond acceptors (Lipinski definition) is 4. The van der Waals surface area contributed by atoms with Crippen molar-refractivity contribution in [1.82, 2.24) is 10.3 Å². The fourth-order valence-electron chi connectivity index (χ4n) is 2.11. The molecule has 0 unspecified atom stereocenters. The van der Waals surface area contributed by atoms with Crippen molar-refractivity contribution in [3.63, 3.8) is 0 Å². The van der Waals surface area contributed by atoms with Gasteiger partial charge in [0.25, 0.3) is 5.91 Å². The van der Waals surface area contributed by atoms with E-state index >= 15 is 0 Å². The lowest BCUT2D eigenvalue weighted by atomic mass is 10.2. The average molecular weight is 278 g/mol. The van der Waals surface area contributed by atoms with Crippen molar-refractivity contribution in [3.05, 3.63) is 29.6 Å². The van der Waals surface area contributed by atoms with Gasteiger partial charge in [0.2, 0.25) is 0 Å². The first-order chi connectivity index (χ1) is 9.32. The van der Waals surface area contributed by atoms with E-state index in [1.54, 1.807) is 0 Å². The first-order valence-corrected chi connectivity index (χ1v) is 6.50. The molecule has 6 heteroatoms. The molecule has 1 aliphatic rings. The second-order valence-corrected chi connectivity index (χ2v) is 5.45. The molecular formula is C14H18N2O4. The zero-order valence-electron chi connectivity index (χ0n) is 11.7. The third-order valence-electron chi connectivity index (χ3n) is 3.24. The maximum absolute atomic E-state index is 12.0. The summed E-state index contributed by atoms with van der Waals surface area (Å²) >= 11 is 0. The highest BCUT2D eigenvalue weighted by Crippen LogP contribution is 2.40. The Balaban J connectivity index is 1.95. The molecule has 2 atom stereocenters. The standard InChI is InChI=1S/C14H18N2O4/c1-8(2)20-14(3)6-11(14)16-12(17)10-5-4-9(7-15-10)13(18)19/h4-5,7-8,11H,6H2,1-3H3,(H,16,17)(H,18,19)/t11-,14+/m1/s1. The number of carboxylic acid groups (broad SMARTS) is 1. The zero-order chi connectivity index (χ0) is 14.9.